The zero-order chi connectivity index (χ0) is 24.0. The fourth-order valence-corrected chi connectivity index (χ4v) is 4.67. The van der Waals surface area contributed by atoms with Crippen molar-refractivity contribution in [2.24, 2.45) is 0 Å². The van der Waals surface area contributed by atoms with Gasteiger partial charge in [0.15, 0.2) is 17.1 Å². The van der Waals surface area contributed by atoms with Crippen molar-refractivity contribution in [1.29, 1.82) is 10.5 Å². The largest absolute Gasteiger partial charge is 0.504 e. The lowest BCUT2D eigenvalue weighted by molar-refractivity contribution is -0.138. The summed E-state index contributed by atoms with van der Waals surface area (Å²) in [6.45, 7) is 1.53. The Morgan fingerprint density at radius 1 is 1.24 bits per heavy atom. The number of halogens is 1. The van der Waals surface area contributed by atoms with E-state index in [2.05, 4.69) is 11.4 Å². The van der Waals surface area contributed by atoms with E-state index >= 15 is 0 Å². The van der Waals surface area contributed by atoms with Gasteiger partial charge in [0.25, 0.3) is 0 Å². The molecule has 168 valence electrons. The number of anilines is 1. The second-order valence-corrected chi connectivity index (χ2v) is 8.24. The van der Waals surface area contributed by atoms with E-state index in [4.69, 9.17) is 4.74 Å². The van der Waals surface area contributed by atoms with Gasteiger partial charge in [-0.25, -0.2) is 9.18 Å². The van der Waals surface area contributed by atoms with Gasteiger partial charge in [0.2, 0.25) is 0 Å². The van der Waals surface area contributed by atoms with Crippen LogP contribution in [0.3, 0.4) is 0 Å². The molecule has 0 amide bonds. The van der Waals surface area contributed by atoms with E-state index in [1.165, 1.54) is 23.5 Å². The second-order valence-electron chi connectivity index (χ2n) is 7.14. The number of nitriles is 2. The minimum atomic E-state index is -1.05. The first-order valence-corrected chi connectivity index (χ1v) is 11.0. The lowest BCUT2D eigenvalue weighted by Crippen LogP contribution is -2.14. The number of ketones is 1. The molecule has 1 aliphatic carbocycles. The lowest BCUT2D eigenvalue weighted by Gasteiger charge is -2.11. The first-order chi connectivity index (χ1) is 15.9. The number of ether oxygens (including phenoxy) is 1. The lowest BCUT2D eigenvalue weighted by atomic mass is 9.96. The van der Waals surface area contributed by atoms with Gasteiger partial charge in [0.05, 0.1) is 17.9 Å². The third-order valence-corrected chi connectivity index (χ3v) is 6.23. The number of aliphatic hydroxyl groups is 1. The standard InChI is InChI=1S/C24H20FN3O4S/c1-2-32-24(31)18(13-27)22(30)19(11-20(29)14-7-9-15(25)10-8-14)28-23-17(12-26)16-5-3-4-6-21(16)33-23/h7-11,28,30H,2-6H2,1H3. The van der Waals surface area contributed by atoms with Crippen LogP contribution in [0.5, 0.6) is 0 Å². The highest BCUT2D eigenvalue weighted by molar-refractivity contribution is 7.16. The van der Waals surface area contributed by atoms with Crippen LogP contribution in [0.15, 0.2) is 47.4 Å². The van der Waals surface area contributed by atoms with Crippen LogP contribution in [-0.2, 0) is 22.4 Å². The van der Waals surface area contributed by atoms with E-state index in [1.54, 1.807) is 13.0 Å². The average molecular weight is 466 g/mol. The number of fused-ring (bicyclic) bond motifs is 1. The van der Waals surface area contributed by atoms with Gasteiger partial charge >= 0.3 is 5.97 Å². The minimum Gasteiger partial charge on any atom is -0.504 e. The van der Waals surface area contributed by atoms with Crippen molar-refractivity contribution in [2.45, 2.75) is 32.6 Å². The van der Waals surface area contributed by atoms with E-state index in [-0.39, 0.29) is 17.9 Å². The third-order valence-electron chi connectivity index (χ3n) is 5.02. The van der Waals surface area contributed by atoms with Crippen molar-refractivity contribution < 1.29 is 23.8 Å². The van der Waals surface area contributed by atoms with E-state index in [0.717, 1.165) is 54.3 Å². The van der Waals surface area contributed by atoms with E-state index in [1.807, 2.05) is 0 Å². The summed E-state index contributed by atoms with van der Waals surface area (Å²) >= 11 is 1.33. The molecule has 0 fully saturated rings. The topological polar surface area (TPSA) is 123 Å². The molecule has 33 heavy (non-hydrogen) atoms. The van der Waals surface area contributed by atoms with Gasteiger partial charge < -0.3 is 15.2 Å². The molecule has 0 saturated heterocycles. The predicted octanol–water partition coefficient (Wildman–Crippen LogP) is 4.72. The minimum absolute atomic E-state index is 0.0193. The Morgan fingerprint density at radius 3 is 2.58 bits per heavy atom. The molecule has 0 unspecified atom stereocenters. The Morgan fingerprint density at radius 2 is 1.94 bits per heavy atom. The number of hydrogen-bond donors (Lipinski definition) is 2. The highest BCUT2D eigenvalue weighted by Gasteiger charge is 2.25. The highest BCUT2D eigenvalue weighted by Crippen LogP contribution is 2.38. The summed E-state index contributed by atoms with van der Waals surface area (Å²) in [5.41, 5.74) is 0.516. The molecule has 0 radical (unpaired) electrons. The summed E-state index contributed by atoms with van der Waals surface area (Å²) in [6, 6.07) is 8.54. The zero-order valence-corrected chi connectivity index (χ0v) is 18.6. The molecule has 0 saturated carbocycles. The zero-order valence-electron chi connectivity index (χ0n) is 17.8. The molecule has 1 heterocycles. The Balaban J connectivity index is 2.10. The van der Waals surface area contributed by atoms with Crippen LogP contribution in [0.4, 0.5) is 9.39 Å². The van der Waals surface area contributed by atoms with Crippen LogP contribution >= 0.6 is 11.3 Å². The quantitative estimate of drug-likeness (QED) is 0.151. The van der Waals surface area contributed by atoms with Gasteiger partial charge in [-0.05, 0) is 62.4 Å². The number of esters is 1. The number of carbonyl (C=O) groups is 2. The van der Waals surface area contributed by atoms with Gasteiger partial charge in [-0.2, -0.15) is 10.5 Å². The predicted molar refractivity (Wildman–Crippen MR) is 120 cm³/mol. The van der Waals surface area contributed by atoms with E-state index in [0.29, 0.717) is 10.6 Å². The number of nitrogens with one attached hydrogen (secondary N) is 1. The van der Waals surface area contributed by atoms with Crippen molar-refractivity contribution in [3.63, 3.8) is 0 Å². The first-order valence-electron chi connectivity index (χ1n) is 10.2. The molecule has 1 aromatic heterocycles. The molecule has 1 aromatic carbocycles. The van der Waals surface area contributed by atoms with Gasteiger partial charge in [-0.1, -0.05) is 0 Å². The van der Waals surface area contributed by atoms with Gasteiger partial charge in [0.1, 0.15) is 23.0 Å². The van der Waals surface area contributed by atoms with Crippen molar-refractivity contribution in [1.82, 2.24) is 0 Å². The summed E-state index contributed by atoms with van der Waals surface area (Å²) in [6.07, 6.45) is 4.52. The maximum atomic E-state index is 13.2. The van der Waals surface area contributed by atoms with Gasteiger partial charge in [-0.15, -0.1) is 11.3 Å². The molecule has 2 aromatic rings. The maximum absolute atomic E-state index is 13.2. The Bertz CT molecular complexity index is 1230. The number of allylic oxidation sites excluding steroid dienone is 1. The summed E-state index contributed by atoms with van der Waals surface area (Å²) in [5.74, 6) is -2.97. The van der Waals surface area contributed by atoms with Crippen molar-refractivity contribution in [2.75, 3.05) is 11.9 Å². The number of carbonyl (C=O) groups excluding carboxylic acids is 2. The molecule has 0 atom stereocenters. The molecule has 9 heteroatoms. The fraction of sp³-hybridized carbons (Fsp3) is 0.250. The fourth-order valence-electron chi connectivity index (χ4n) is 3.42. The third kappa shape index (κ3) is 5.28. The molecule has 3 rings (SSSR count). The van der Waals surface area contributed by atoms with Crippen LogP contribution in [0.25, 0.3) is 0 Å². The molecule has 7 nitrogen and oxygen atoms in total. The van der Waals surface area contributed by atoms with Crippen molar-refractivity contribution >= 4 is 28.1 Å². The maximum Gasteiger partial charge on any atom is 0.352 e. The number of nitrogens with zero attached hydrogens (tertiary/aromatic N) is 2. The summed E-state index contributed by atoms with van der Waals surface area (Å²) in [7, 11) is 0. The van der Waals surface area contributed by atoms with Crippen LogP contribution in [-0.4, -0.2) is 23.5 Å². The molecule has 1 aliphatic rings. The normalized spacial score (nSPS) is 13.8. The van der Waals surface area contributed by atoms with Crippen molar-refractivity contribution in [3.05, 3.63) is 74.8 Å². The van der Waals surface area contributed by atoms with E-state index in [9.17, 15) is 29.6 Å². The molecule has 0 bridgehead atoms. The number of rotatable bonds is 7. The van der Waals surface area contributed by atoms with Crippen LogP contribution in [0, 0.1) is 28.5 Å². The Labute approximate surface area is 194 Å². The highest BCUT2D eigenvalue weighted by atomic mass is 32.1. The second kappa shape index (κ2) is 10.6. The van der Waals surface area contributed by atoms with Gasteiger partial charge in [0, 0.05) is 16.5 Å². The Hall–Kier alpha value is -3.95. The summed E-state index contributed by atoms with van der Waals surface area (Å²) < 4.78 is 18.1. The first kappa shape index (κ1) is 23.7. The molecule has 0 spiro atoms. The summed E-state index contributed by atoms with van der Waals surface area (Å²) in [4.78, 5) is 26.0. The molecular weight excluding hydrogens is 445 g/mol. The van der Waals surface area contributed by atoms with Crippen LogP contribution < -0.4 is 5.32 Å². The molecule has 0 aliphatic heterocycles. The smallest absolute Gasteiger partial charge is 0.352 e. The van der Waals surface area contributed by atoms with E-state index < -0.39 is 28.9 Å². The van der Waals surface area contributed by atoms with Crippen molar-refractivity contribution in [3.8, 4) is 12.1 Å². The van der Waals surface area contributed by atoms with Crippen LogP contribution in [0.1, 0.15) is 46.1 Å². The number of aryl methyl sites for hydroxylation is 1. The summed E-state index contributed by atoms with van der Waals surface area (Å²) in [5, 5.41) is 33.2. The molecule has 2 N–H and O–H groups in total. The number of hydrogen-bond acceptors (Lipinski definition) is 8. The molecular formula is C24H20FN3O4S. The average Bonchev–Trinajstić information content (AvgIpc) is 3.16. The van der Waals surface area contributed by atoms with Gasteiger partial charge in [-0.3, -0.25) is 4.79 Å². The number of thiophene rings is 1. The number of benzene rings is 1. The SMILES string of the molecule is CCOC(=O)C(C#N)=C(O)C(=CC(=O)c1ccc(F)cc1)Nc1sc2c(c1C#N)CCCC2. The number of aliphatic hydroxyl groups excluding tert-OH is 1. The Kier molecular flexibility index (Phi) is 7.60. The monoisotopic (exact) mass is 465 g/mol. The van der Waals surface area contributed by atoms with Crippen LogP contribution in [0.2, 0.25) is 0 Å².